The van der Waals surface area contributed by atoms with Crippen molar-refractivity contribution < 1.29 is 13.9 Å². The van der Waals surface area contributed by atoms with Crippen molar-refractivity contribution in [3.05, 3.63) is 41.7 Å². The topological polar surface area (TPSA) is 98.4 Å². The number of nitrogens with one attached hydrogen (secondary N) is 1. The third-order valence-electron chi connectivity index (χ3n) is 7.82. The molecule has 8 nitrogen and oxygen atoms in total. The Hall–Kier alpha value is -4.16. The minimum atomic E-state index is -0.604. The van der Waals surface area contributed by atoms with E-state index < -0.39 is 5.82 Å². The third kappa shape index (κ3) is 3.15. The largest absolute Gasteiger partial charge is 0.472 e. The SMILES string of the molecule is C#Cc1cccc2cc(N)cc(-c3nc4c5c(nc(OC)nc5c3F)N3C[C@H]5CC[C@H](N5)[C@H]3[C@H](C)O4)c12. The van der Waals surface area contributed by atoms with E-state index >= 15 is 4.39 Å². The van der Waals surface area contributed by atoms with E-state index in [9.17, 15) is 0 Å². The van der Waals surface area contributed by atoms with Crippen molar-refractivity contribution in [2.24, 2.45) is 0 Å². The van der Waals surface area contributed by atoms with Crippen LogP contribution in [0.4, 0.5) is 15.9 Å². The van der Waals surface area contributed by atoms with Crippen LogP contribution in [-0.2, 0) is 0 Å². The number of piperazine rings is 1. The molecule has 0 unspecified atom stereocenters. The van der Waals surface area contributed by atoms with Crippen LogP contribution >= 0.6 is 0 Å². The highest BCUT2D eigenvalue weighted by Gasteiger charge is 2.47. The number of fused-ring (bicyclic) bond motifs is 6. The smallest absolute Gasteiger partial charge is 0.318 e. The van der Waals surface area contributed by atoms with Gasteiger partial charge in [0, 0.05) is 40.8 Å². The molecule has 2 aromatic carbocycles. The van der Waals surface area contributed by atoms with Crippen LogP contribution in [0.15, 0.2) is 30.3 Å². The van der Waals surface area contributed by atoms with Crippen LogP contribution in [0.1, 0.15) is 25.3 Å². The Balaban J connectivity index is 1.55. The number of nitrogen functional groups attached to an aromatic ring is 1. The summed E-state index contributed by atoms with van der Waals surface area (Å²) in [6, 6.07) is 9.74. The van der Waals surface area contributed by atoms with Gasteiger partial charge in [0.1, 0.15) is 28.5 Å². The molecule has 0 saturated carbocycles. The van der Waals surface area contributed by atoms with Crippen LogP contribution in [0.2, 0.25) is 0 Å². The van der Waals surface area contributed by atoms with Gasteiger partial charge in [-0.2, -0.15) is 9.97 Å². The van der Waals surface area contributed by atoms with Gasteiger partial charge in [0.15, 0.2) is 5.82 Å². The third-order valence-corrected chi connectivity index (χ3v) is 7.82. The second kappa shape index (κ2) is 7.92. The van der Waals surface area contributed by atoms with Gasteiger partial charge in [0.25, 0.3) is 0 Å². The molecule has 5 heterocycles. The number of pyridine rings is 1. The Morgan fingerprint density at radius 2 is 2.08 bits per heavy atom. The Morgan fingerprint density at radius 1 is 1.22 bits per heavy atom. The average Bonchev–Trinajstić information content (AvgIpc) is 3.23. The van der Waals surface area contributed by atoms with Crippen LogP contribution < -0.4 is 25.4 Å². The minimum absolute atomic E-state index is 0.00325. The van der Waals surface area contributed by atoms with Crippen LogP contribution in [0.3, 0.4) is 0 Å². The molecule has 2 bridgehead atoms. The number of ether oxygens (including phenoxy) is 2. The number of halogens is 1. The zero-order valence-electron chi connectivity index (χ0n) is 20.5. The van der Waals surface area contributed by atoms with Gasteiger partial charge in [0.05, 0.1) is 13.2 Å². The molecular weight excluding hydrogens is 471 g/mol. The molecule has 0 radical (unpaired) electrons. The number of terminal acetylenes is 1. The van der Waals surface area contributed by atoms with E-state index in [0.29, 0.717) is 39.4 Å². The first-order chi connectivity index (χ1) is 18.0. The van der Waals surface area contributed by atoms with Crippen LogP contribution in [0.5, 0.6) is 11.9 Å². The zero-order chi connectivity index (χ0) is 25.4. The lowest BCUT2D eigenvalue weighted by atomic mass is 9.96. The Kier molecular flexibility index (Phi) is 4.72. The van der Waals surface area contributed by atoms with Gasteiger partial charge in [0.2, 0.25) is 5.88 Å². The molecule has 9 heteroatoms. The fourth-order valence-electron chi connectivity index (χ4n) is 6.32. The number of nitrogens with two attached hydrogens (primary N) is 1. The summed E-state index contributed by atoms with van der Waals surface area (Å²) < 4.78 is 28.4. The standard InChI is InChI=1S/C28H25FN6O2/c1-4-14-6-5-7-15-10-16(30)11-18(20(14)15)23-22(29)24-21-26(34-28(33-24)36-3)35-12-17-8-9-19(31-17)25(35)13(2)37-27(21)32-23/h1,5-7,10-11,13,17,19,25,31H,8-9,12,30H2,2-3H3/t13-,17+,19-,25+/m0/s1. The Bertz CT molecular complexity index is 1650. The van der Waals surface area contributed by atoms with Gasteiger partial charge < -0.3 is 25.4 Å². The molecule has 0 aliphatic carbocycles. The monoisotopic (exact) mass is 496 g/mol. The number of benzene rings is 2. The van der Waals surface area contributed by atoms with Crippen LogP contribution in [-0.4, -0.2) is 52.8 Å². The highest BCUT2D eigenvalue weighted by molar-refractivity contribution is 6.04. The molecule has 7 rings (SSSR count). The summed E-state index contributed by atoms with van der Waals surface area (Å²) in [5.41, 5.74) is 7.97. The molecule has 4 atom stereocenters. The van der Waals surface area contributed by atoms with E-state index in [1.54, 1.807) is 6.07 Å². The van der Waals surface area contributed by atoms with Gasteiger partial charge in [-0.15, -0.1) is 6.42 Å². The summed E-state index contributed by atoms with van der Waals surface area (Å²) in [7, 11) is 1.48. The molecule has 3 N–H and O–H groups in total. The Labute approximate surface area is 213 Å². The molecular formula is C28H25FN6O2. The van der Waals surface area contributed by atoms with Gasteiger partial charge in [-0.1, -0.05) is 18.1 Å². The van der Waals surface area contributed by atoms with Gasteiger partial charge in [-0.3, -0.25) is 0 Å². The second-order valence-corrected chi connectivity index (χ2v) is 9.97. The maximum Gasteiger partial charge on any atom is 0.318 e. The van der Waals surface area contributed by atoms with Crippen LogP contribution in [0, 0.1) is 18.2 Å². The first-order valence-electron chi connectivity index (χ1n) is 12.4. The number of nitrogens with zero attached hydrogens (tertiary/aromatic N) is 4. The predicted octanol–water partition coefficient (Wildman–Crippen LogP) is 3.65. The molecule has 37 heavy (non-hydrogen) atoms. The van der Waals surface area contributed by atoms with Crippen molar-refractivity contribution in [2.75, 3.05) is 24.3 Å². The molecule has 2 fully saturated rings. The summed E-state index contributed by atoms with van der Waals surface area (Å²) in [5.74, 6) is 2.98. The lowest BCUT2D eigenvalue weighted by molar-refractivity contribution is 0.155. The number of methoxy groups -OCH3 is 1. The average molecular weight is 497 g/mol. The molecule has 3 aliphatic heterocycles. The summed E-state index contributed by atoms with van der Waals surface area (Å²) in [4.78, 5) is 16.1. The molecule has 0 spiro atoms. The highest BCUT2D eigenvalue weighted by Crippen LogP contribution is 2.45. The van der Waals surface area contributed by atoms with Gasteiger partial charge in [-0.25, -0.2) is 9.37 Å². The van der Waals surface area contributed by atoms with Crippen molar-refractivity contribution in [2.45, 2.75) is 44.0 Å². The molecule has 2 saturated heterocycles. The lowest BCUT2D eigenvalue weighted by Crippen LogP contribution is -2.62. The molecule has 3 aliphatic rings. The number of aromatic nitrogens is 3. The van der Waals surface area contributed by atoms with Crippen molar-refractivity contribution in [1.29, 1.82) is 0 Å². The zero-order valence-corrected chi connectivity index (χ0v) is 20.5. The quantitative estimate of drug-likeness (QED) is 0.321. The summed E-state index contributed by atoms with van der Waals surface area (Å²) >= 11 is 0. The summed E-state index contributed by atoms with van der Waals surface area (Å²) in [6.45, 7) is 2.76. The summed E-state index contributed by atoms with van der Waals surface area (Å²) in [5, 5.41) is 5.64. The number of anilines is 2. The number of hydrogen-bond donors (Lipinski definition) is 2. The number of rotatable bonds is 2. The fraction of sp³-hybridized carbons (Fsp3) is 0.321. The molecule has 4 aromatic rings. The maximum atomic E-state index is 16.5. The highest BCUT2D eigenvalue weighted by atomic mass is 19.1. The first-order valence-corrected chi connectivity index (χ1v) is 12.4. The lowest BCUT2D eigenvalue weighted by Gasteiger charge is -2.42. The van der Waals surface area contributed by atoms with E-state index in [0.717, 1.165) is 24.8 Å². The van der Waals surface area contributed by atoms with E-state index in [2.05, 4.69) is 21.1 Å². The molecule has 0 amide bonds. The van der Waals surface area contributed by atoms with E-state index in [4.69, 9.17) is 31.6 Å². The van der Waals surface area contributed by atoms with Crippen molar-refractivity contribution in [1.82, 2.24) is 20.3 Å². The second-order valence-electron chi connectivity index (χ2n) is 9.97. The summed E-state index contributed by atoms with van der Waals surface area (Å²) in [6.07, 6.45) is 7.71. The van der Waals surface area contributed by atoms with E-state index in [1.807, 2.05) is 31.2 Å². The van der Waals surface area contributed by atoms with Crippen molar-refractivity contribution in [3.8, 4) is 35.5 Å². The van der Waals surface area contributed by atoms with Gasteiger partial charge in [-0.05, 0) is 43.4 Å². The fourth-order valence-corrected chi connectivity index (χ4v) is 6.32. The number of hydrogen-bond acceptors (Lipinski definition) is 8. The van der Waals surface area contributed by atoms with E-state index in [-0.39, 0.29) is 41.3 Å². The van der Waals surface area contributed by atoms with Crippen molar-refractivity contribution >= 4 is 33.2 Å². The molecule has 186 valence electrons. The molecule has 2 aromatic heterocycles. The van der Waals surface area contributed by atoms with Crippen LogP contribution in [0.25, 0.3) is 32.9 Å². The van der Waals surface area contributed by atoms with Gasteiger partial charge >= 0.3 is 6.01 Å². The Morgan fingerprint density at radius 3 is 2.89 bits per heavy atom. The van der Waals surface area contributed by atoms with Crippen molar-refractivity contribution in [3.63, 3.8) is 0 Å². The minimum Gasteiger partial charge on any atom is -0.472 e. The predicted molar refractivity (Wildman–Crippen MR) is 140 cm³/mol. The van der Waals surface area contributed by atoms with E-state index in [1.165, 1.54) is 7.11 Å². The normalized spacial score (nSPS) is 23.9. The maximum absolute atomic E-state index is 16.5. The first kappa shape index (κ1) is 22.1.